The van der Waals surface area contributed by atoms with Crippen molar-refractivity contribution >= 4 is 60.4 Å². The van der Waals surface area contributed by atoms with Crippen LogP contribution in [0.15, 0.2) is 255 Å². The first-order chi connectivity index (χ1) is 31.7. The third-order valence-electron chi connectivity index (χ3n) is 12.8. The fourth-order valence-electron chi connectivity index (χ4n) is 9.68. The fourth-order valence-corrected chi connectivity index (χ4v) is 9.68. The van der Waals surface area contributed by atoms with Crippen LogP contribution in [-0.4, -0.2) is 4.57 Å². The summed E-state index contributed by atoms with van der Waals surface area (Å²) < 4.78 is 2.38. The third-order valence-corrected chi connectivity index (χ3v) is 12.8. The standard InChI is InChI=1S/C62H42N2/c1-4-15-43(16-5-1)48-39-49(44-17-6-2-7-18-44)41-50(40-48)45-27-32-52(33-28-45)63(54-36-38-62-60(42-54)59-23-12-13-26-61(59)64(62)51-20-8-3-9-21-51)53-34-29-47(30-35-53)56-24-14-25-57-55-22-11-10-19-46(55)31-37-58(56)57/h1-42H. The first-order valence-corrected chi connectivity index (χ1v) is 22.0. The Hall–Kier alpha value is -8.46. The summed E-state index contributed by atoms with van der Waals surface area (Å²) in [5.74, 6) is 0. The van der Waals surface area contributed by atoms with Gasteiger partial charge in [-0.05, 0) is 145 Å². The summed E-state index contributed by atoms with van der Waals surface area (Å²) in [6, 6.07) is 92.7. The van der Waals surface area contributed by atoms with Crippen molar-refractivity contribution < 1.29 is 0 Å². The Morgan fingerprint density at radius 3 is 1.41 bits per heavy atom. The second-order valence-corrected chi connectivity index (χ2v) is 16.5. The summed E-state index contributed by atoms with van der Waals surface area (Å²) in [6.45, 7) is 0. The monoisotopic (exact) mass is 814 g/mol. The minimum absolute atomic E-state index is 1.08. The summed E-state index contributed by atoms with van der Waals surface area (Å²) in [4.78, 5) is 2.40. The zero-order chi connectivity index (χ0) is 42.4. The molecule has 0 amide bonds. The van der Waals surface area contributed by atoms with Crippen molar-refractivity contribution in [2.24, 2.45) is 0 Å². The average Bonchev–Trinajstić information content (AvgIpc) is 3.71. The molecule has 12 rings (SSSR count). The maximum Gasteiger partial charge on any atom is 0.0542 e. The predicted molar refractivity (Wildman–Crippen MR) is 272 cm³/mol. The molecule has 0 radical (unpaired) electrons. The SMILES string of the molecule is c1ccc(-c2cc(-c3ccccc3)cc(-c3ccc(N(c4ccc(-c5cccc6c5ccc5ccccc56)cc4)c4ccc5c(c4)c4ccccc4n5-c4ccccc4)cc3)c2)cc1. The van der Waals surface area contributed by atoms with Crippen molar-refractivity contribution in [3.05, 3.63) is 255 Å². The lowest BCUT2D eigenvalue weighted by molar-refractivity contribution is 1.18. The van der Waals surface area contributed by atoms with E-state index in [1.165, 1.54) is 87.9 Å². The lowest BCUT2D eigenvalue weighted by atomic mass is 9.93. The molecule has 0 saturated carbocycles. The number of rotatable bonds is 8. The van der Waals surface area contributed by atoms with E-state index >= 15 is 0 Å². The molecular formula is C62H42N2. The molecule has 1 heterocycles. The Bertz CT molecular complexity index is 3570. The first-order valence-electron chi connectivity index (χ1n) is 22.0. The minimum atomic E-state index is 1.08. The maximum atomic E-state index is 2.40. The molecule has 0 aliphatic rings. The van der Waals surface area contributed by atoms with Gasteiger partial charge in [-0.15, -0.1) is 0 Å². The van der Waals surface area contributed by atoms with E-state index < -0.39 is 0 Å². The Morgan fingerprint density at radius 1 is 0.250 bits per heavy atom. The van der Waals surface area contributed by atoms with Gasteiger partial charge in [0.1, 0.15) is 0 Å². The Morgan fingerprint density at radius 2 is 0.750 bits per heavy atom. The zero-order valence-electron chi connectivity index (χ0n) is 35.1. The second kappa shape index (κ2) is 15.8. The molecule has 0 N–H and O–H groups in total. The van der Waals surface area contributed by atoms with Crippen LogP contribution in [-0.2, 0) is 0 Å². The van der Waals surface area contributed by atoms with Crippen LogP contribution in [0, 0.1) is 0 Å². The van der Waals surface area contributed by atoms with Crippen LogP contribution in [0.5, 0.6) is 0 Å². The number of aromatic nitrogens is 1. The minimum Gasteiger partial charge on any atom is -0.310 e. The zero-order valence-corrected chi connectivity index (χ0v) is 35.1. The summed E-state index contributed by atoms with van der Waals surface area (Å²) in [5.41, 5.74) is 16.4. The van der Waals surface area contributed by atoms with Gasteiger partial charge in [-0.25, -0.2) is 0 Å². The van der Waals surface area contributed by atoms with Crippen molar-refractivity contribution in [1.29, 1.82) is 0 Å². The summed E-state index contributed by atoms with van der Waals surface area (Å²) in [5, 5.41) is 7.51. The topological polar surface area (TPSA) is 8.17 Å². The van der Waals surface area contributed by atoms with Gasteiger partial charge < -0.3 is 9.47 Å². The molecule has 0 bridgehead atoms. The van der Waals surface area contributed by atoms with E-state index in [1.54, 1.807) is 0 Å². The van der Waals surface area contributed by atoms with E-state index in [0.29, 0.717) is 0 Å². The lowest BCUT2D eigenvalue weighted by Crippen LogP contribution is -2.10. The van der Waals surface area contributed by atoms with Gasteiger partial charge in [0.25, 0.3) is 0 Å². The van der Waals surface area contributed by atoms with Gasteiger partial charge in [-0.2, -0.15) is 0 Å². The van der Waals surface area contributed by atoms with E-state index in [1.807, 2.05) is 0 Å². The number of para-hydroxylation sites is 2. The Labute approximate surface area is 373 Å². The van der Waals surface area contributed by atoms with Crippen LogP contribution in [0.25, 0.3) is 93.5 Å². The average molecular weight is 815 g/mol. The highest BCUT2D eigenvalue weighted by Gasteiger charge is 2.19. The molecule has 12 aromatic rings. The molecule has 0 atom stereocenters. The molecule has 2 heteroatoms. The van der Waals surface area contributed by atoms with Crippen molar-refractivity contribution in [3.63, 3.8) is 0 Å². The van der Waals surface area contributed by atoms with Crippen molar-refractivity contribution in [2.75, 3.05) is 4.90 Å². The van der Waals surface area contributed by atoms with E-state index in [-0.39, 0.29) is 0 Å². The number of hydrogen-bond acceptors (Lipinski definition) is 1. The van der Waals surface area contributed by atoms with Crippen LogP contribution >= 0.6 is 0 Å². The molecule has 64 heavy (non-hydrogen) atoms. The number of fused-ring (bicyclic) bond motifs is 6. The van der Waals surface area contributed by atoms with Gasteiger partial charge in [-0.1, -0.05) is 176 Å². The number of anilines is 3. The third kappa shape index (κ3) is 6.61. The summed E-state index contributed by atoms with van der Waals surface area (Å²) >= 11 is 0. The van der Waals surface area contributed by atoms with Gasteiger partial charge in [-0.3, -0.25) is 0 Å². The van der Waals surface area contributed by atoms with Gasteiger partial charge in [0, 0.05) is 33.5 Å². The highest BCUT2D eigenvalue weighted by Crippen LogP contribution is 2.42. The number of nitrogens with zero attached hydrogens (tertiary/aromatic N) is 2. The predicted octanol–water partition coefficient (Wildman–Crippen LogP) is 17.2. The van der Waals surface area contributed by atoms with E-state index in [4.69, 9.17) is 0 Å². The molecule has 1 aromatic heterocycles. The normalized spacial score (nSPS) is 11.4. The number of benzene rings is 11. The number of hydrogen-bond donors (Lipinski definition) is 0. The van der Waals surface area contributed by atoms with E-state index in [9.17, 15) is 0 Å². The molecule has 0 spiro atoms. The molecule has 2 nitrogen and oxygen atoms in total. The van der Waals surface area contributed by atoms with Gasteiger partial charge in [0.2, 0.25) is 0 Å². The van der Waals surface area contributed by atoms with Gasteiger partial charge >= 0.3 is 0 Å². The van der Waals surface area contributed by atoms with Crippen LogP contribution in [0.3, 0.4) is 0 Å². The summed E-state index contributed by atoms with van der Waals surface area (Å²) in [6.07, 6.45) is 0. The maximum absolute atomic E-state index is 2.40. The van der Waals surface area contributed by atoms with Crippen LogP contribution < -0.4 is 4.90 Å². The molecule has 0 unspecified atom stereocenters. The lowest BCUT2D eigenvalue weighted by Gasteiger charge is -2.26. The smallest absolute Gasteiger partial charge is 0.0542 e. The molecule has 0 saturated heterocycles. The van der Waals surface area contributed by atoms with Crippen LogP contribution in [0.2, 0.25) is 0 Å². The van der Waals surface area contributed by atoms with Crippen molar-refractivity contribution in [1.82, 2.24) is 4.57 Å². The highest BCUT2D eigenvalue weighted by molar-refractivity contribution is 6.13. The molecular weight excluding hydrogens is 773 g/mol. The second-order valence-electron chi connectivity index (χ2n) is 16.5. The molecule has 0 aliphatic carbocycles. The van der Waals surface area contributed by atoms with Gasteiger partial charge in [0.15, 0.2) is 0 Å². The van der Waals surface area contributed by atoms with Crippen LogP contribution in [0.4, 0.5) is 17.1 Å². The molecule has 300 valence electrons. The molecule has 0 fully saturated rings. The summed E-state index contributed by atoms with van der Waals surface area (Å²) in [7, 11) is 0. The molecule has 11 aromatic carbocycles. The first kappa shape index (κ1) is 37.3. The highest BCUT2D eigenvalue weighted by atomic mass is 15.1. The van der Waals surface area contributed by atoms with Crippen molar-refractivity contribution in [2.45, 2.75) is 0 Å². The molecule has 0 aliphatic heterocycles. The van der Waals surface area contributed by atoms with Crippen LogP contribution in [0.1, 0.15) is 0 Å². The van der Waals surface area contributed by atoms with Gasteiger partial charge in [0.05, 0.1) is 11.0 Å². The van der Waals surface area contributed by atoms with Crippen molar-refractivity contribution in [3.8, 4) is 50.2 Å². The quantitative estimate of drug-likeness (QED) is 0.139. The largest absolute Gasteiger partial charge is 0.310 e. The Kier molecular flexibility index (Phi) is 9.20. The van der Waals surface area contributed by atoms with E-state index in [0.717, 1.165) is 22.7 Å². The fraction of sp³-hybridized carbons (Fsp3) is 0. The Balaban J connectivity index is 0.996. The van der Waals surface area contributed by atoms with E-state index in [2.05, 4.69) is 264 Å².